The monoisotopic (exact) mass is 436 g/mol. The van der Waals surface area contributed by atoms with Gasteiger partial charge < -0.3 is 15.2 Å². The van der Waals surface area contributed by atoms with Crippen LogP contribution in [0.3, 0.4) is 0 Å². The first-order valence-electron chi connectivity index (χ1n) is 9.12. The number of hydrogen-bond acceptors (Lipinski definition) is 6. The Morgan fingerprint density at radius 2 is 1.97 bits per heavy atom. The minimum absolute atomic E-state index is 0.0237. The molecule has 0 aliphatic carbocycles. The van der Waals surface area contributed by atoms with Crippen molar-refractivity contribution in [3.05, 3.63) is 34.7 Å². The molecule has 9 heteroatoms. The van der Waals surface area contributed by atoms with Crippen LogP contribution in [0.25, 0.3) is 6.08 Å². The lowest BCUT2D eigenvalue weighted by Crippen LogP contribution is -2.43. The summed E-state index contributed by atoms with van der Waals surface area (Å²) in [6.45, 7) is 3.87. The van der Waals surface area contributed by atoms with Crippen LogP contribution >= 0.6 is 24.0 Å². The van der Waals surface area contributed by atoms with Crippen molar-refractivity contribution in [2.24, 2.45) is 5.92 Å². The second-order valence-corrected chi connectivity index (χ2v) is 8.62. The fraction of sp³-hybridized carbons (Fsp3) is 0.400. The van der Waals surface area contributed by atoms with E-state index in [1.807, 2.05) is 26.0 Å². The van der Waals surface area contributed by atoms with Gasteiger partial charge in [-0.3, -0.25) is 14.5 Å². The highest BCUT2D eigenvalue weighted by atomic mass is 32.2. The van der Waals surface area contributed by atoms with Gasteiger partial charge in [0.25, 0.3) is 5.91 Å². The molecule has 1 aromatic carbocycles. The summed E-state index contributed by atoms with van der Waals surface area (Å²) in [5.41, 5.74) is 0.835. The van der Waals surface area contributed by atoms with Gasteiger partial charge in [0.1, 0.15) is 16.1 Å². The summed E-state index contributed by atoms with van der Waals surface area (Å²) in [7, 11) is 1.58. The van der Waals surface area contributed by atoms with Crippen LogP contribution in [0.4, 0.5) is 0 Å². The molecule has 2 amide bonds. The summed E-state index contributed by atoms with van der Waals surface area (Å²) >= 11 is 6.45. The molecule has 29 heavy (non-hydrogen) atoms. The molecule has 2 N–H and O–H groups in total. The molecule has 1 aliphatic heterocycles. The predicted octanol–water partition coefficient (Wildman–Crippen LogP) is 2.90. The number of benzene rings is 1. The molecule has 1 atom stereocenters. The fourth-order valence-electron chi connectivity index (χ4n) is 2.72. The molecule has 0 saturated carbocycles. The van der Waals surface area contributed by atoms with Gasteiger partial charge in [0.15, 0.2) is 0 Å². The molecule has 1 saturated heterocycles. The van der Waals surface area contributed by atoms with Crippen LogP contribution in [0.15, 0.2) is 29.2 Å². The summed E-state index contributed by atoms with van der Waals surface area (Å²) in [6, 6.07) is 6.32. The average molecular weight is 437 g/mol. The molecule has 0 spiro atoms. The molecular formula is C20H24N2O5S2. The number of thioether (sulfide) groups is 1. The Morgan fingerprint density at radius 3 is 2.52 bits per heavy atom. The number of nitrogens with zero attached hydrogens (tertiary/aromatic N) is 1. The van der Waals surface area contributed by atoms with Gasteiger partial charge in [0.05, 0.1) is 12.0 Å². The van der Waals surface area contributed by atoms with E-state index >= 15 is 0 Å². The number of amides is 2. The quantitative estimate of drug-likeness (QED) is 0.454. The van der Waals surface area contributed by atoms with E-state index in [0.717, 1.165) is 11.3 Å². The van der Waals surface area contributed by atoms with Gasteiger partial charge in [-0.15, -0.1) is 0 Å². The second-order valence-electron chi connectivity index (χ2n) is 6.94. The van der Waals surface area contributed by atoms with Crippen molar-refractivity contribution in [2.45, 2.75) is 32.7 Å². The molecule has 1 unspecified atom stereocenters. The van der Waals surface area contributed by atoms with Crippen LogP contribution in [-0.2, 0) is 14.4 Å². The van der Waals surface area contributed by atoms with Crippen LogP contribution in [0.1, 0.15) is 32.3 Å². The first-order chi connectivity index (χ1) is 13.7. The minimum atomic E-state index is -1.07. The number of aliphatic carboxylic acids is 1. The average Bonchev–Trinajstić information content (AvgIpc) is 2.92. The fourth-order valence-corrected chi connectivity index (χ4v) is 4.03. The minimum Gasteiger partial charge on any atom is -0.497 e. The number of carbonyl (C=O) groups excluding carboxylic acids is 2. The molecule has 0 bridgehead atoms. The van der Waals surface area contributed by atoms with E-state index in [4.69, 9.17) is 17.0 Å². The van der Waals surface area contributed by atoms with Crippen molar-refractivity contribution >= 4 is 52.2 Å². The number of methoxy groups -OCH3 is 1. The third kappa shape index (κ3) is 6.57. The number of rotatable bonds is 9. The lowest BCUT2D eigenvalue weighted by molar-refractivity contribution is -0.142. The Kier molecular flexibility index (Phi) is 8.21. The van der Waals surface area contributed by atoms with Gasteiger partial charge in [-0.1, -0.05) is 50.0 Å². The summed E-state index contributed by atoms with van der Waals surface area (Å²) in [5.74, 6) is -0.907. The SMILES string of the molecule is COc1ccc(/C=C2\SC(=S)N(CCC(=O)NC(CC(C)C)C(=O)O)C2=O)cc1. The number of hydrogen-bond donors (Lipinski definition) is 2. The Hall–Kier alpha value is -2.39. The number of ether oxygens (including phenoxy) is 1. The zero-order chi connectivity index (χ0) is 21.6. The van der Waals surface area contributed by atoms with Crippen LogP contribution < -0.4 is 10.1 Å². The van der Waals surface area contributed by atoms with Crippen molar-refractivity contribution in [3.8, 4) is 5.75 Å². The Labute approximate surface area is 179 Å². The Morgan fingerprint density at radius 1 is 1.31 bits per heavy atom. The first kappa shape index (κ1) is 22.9. The molecule has 156 valence electrons. The molecule has 1 fully saturated rings. The number of carbonyl (C=O) groups is 3. The summed E-state index contributed by atoms with van der Waals surface area (Å²) < 4.78 is 5.49. The van der Waals surface area contributed by atoms with Gasteiger partial charge in [-0.25, -0.2) is 4.79 Å². The van der Waals surface area contributed by atoms with Crippen molar-refractivity contribution in [1.82, 2.24) is 10.2 Å². The van der Waals surface area contributed by atoms with Crippen molar-refractivity contribution in [1.29, 1.82) is 0 Å². The van der Waals surface area contributed by atoms with E-state index < -0.39 is 17.9 Å². The van der Waals surface area contributed by atoms with E-state index in [-0.39, 0.29) is 24.8 Å². The highest BCUT2D eigenvalue weighted by Crippen LogP contribution is 2.32. The van der Waals surface area contributed by atoms with E-state index in [9.17, 15) is 19.5 Å². The zero-order valence-electron chi connectivity index (χ0n) is 16.5. The summed E-state index contributed by atoms with van der Waals surface area (Å²) in [4.78, 5) is 37.9. The molecule has 1 aliphatic rings. The van der Waals surface area contributed by atoms with Gasteiger partial charge in [0.2, 0.25) is 5.91 Å². The van der Waals surface area contributed by atoms with Gasteiger partial charge in [-0.2, -0.15) is 0 Å². The number of nitrogens with one attached hydrogen (secondary N) is 1. The summed E-state index contributed by atoms with van der Waals surface area (Å²) in [5, 5.41) is 11.7. The summed E-state index contributed by atoms with van der Waals surface area (Å²) in [6.07, 6.45) is 2.05. The Balaban J connectivity index is 1.96. The van der Waals surface area contributed by atoms with Crippen LogP contribution in [0.2, 0.25) is 0 Å². The van der Waals surface area contributed by atoms with E-state index in [1.54, 1.807) is 25.3 Å². The third-order valence-corrected chi connectivity index (χ3v) is 5.57. The van der Waals surface area contributed by atoms with Crippen LogP contribution in [-0.4, -0.2) is 51.8 Å². The number of carboxylic acid groups (broad SMARTS) is 1. The second kappa shape index (κ2) is 10.4. The van der Waals surface area contributed by atoms with Crippen molar-refractivity contribution in [3.63, 3.8) is 0 Å². The van der Waals surface area contributed by atoms with E-state index in [1.165, 1.54) is 16.7 Å². The van der Waals surface area contributed by atoms with Crippen LogP contribution in [0, 0.1) is 5.92 Å². The van der Waals surface area contributed by atoms with E-state index in [2.05, 4.69) is 5.32 Å². The molecule has 2 rings (SSSR count). The zero-order valence-corrected chi connectivity index (χ0v) is 18.1. The maximum atomic E-state index is 12.6. The highest BCUT2D eigenvalue weighted by Gasteiger charge is 2.32. The smallest absolute Gasteiger partial charge is 0.326 e. The molecule has 1 aromatic rings. The molecular weight excluding hydrogens is 412 g/mol. The Bertz CT molecular complexity index is 821. The maximum Gasteiger partial charge on any atom is 0.326 e. The standard InChI is InChI=1S/C20H24N2O5S2/c1-12(2)10-15(19(25)26)21-17(23)8-9-22-18(24)16(29-20(22)28)11-13-4-6-14(27-3)7-5-13/h4-7,11-12,15H,8-10H2,1-3H3,(H,21,23)(H,25,26)/b16-11-. The number of thiocarbonyl (C=S) groups is 1. The molecule has 0 radical (unpaired) electrons. The molecule has 7 nitrogen and oxygen atoms in total. The maximum absolute atomic E-state index is 12.6. The lowest BCUT2D eigenvalue weighted by Gasteiger charge is -2.18. The number of carboxylic acids is 1. The predicted molar refractivity (Wildman–Crippen MR) is 117 cm³/mol. The topological polar surface area (TPSA) is 95.9 Å². The van der Waals surface area contributed by atoms with Gasteiger partial charge >= 0.3 is 5.97 Å². The highest BCUT2D eigenvalue weighted by molar-refractivity contribution is 8.26. The van der Waals surface area contributed by atoms with Crippen molar-refractivity contribution in [2.75, 3.05) is 13.7 Å². The van der Waals surface area contributed by atoms with Crippen LogP contribution in [0.5, 0.6) is 5.75 Å². The third-order valence-electron chi connectivity index (χ3n) is 4.19. The van der Waals surface area contributed by atoms with Gasteiger partial charge in [0, 0.05) is 13.0 Å². The molecule has 0 aromatic heterocycles. The normalized spacial score (nSPS) is 16.4. The lowest BCUT2D eigenvalue weighted by atomic mass is 10.0. The first-order valence-corrected chi connectivity index (χ1v) is 10.3. The largest absolute Gasteiger partial charge is 0.497 e. The van der Waals surface area contributed by atoms with Gasteiger partial charge in [-0.05, 0) is 36.1 Å². The van der Waals surface area contributed by atoms with E-state index in [0.29, 0.717) is 15.6 Å². The molecule has 1 heterocycles. The van der Waals surface area contributed by atoms with Crippen molar-refractivity contribution < 1.29 is 24.2 Å².